The SMILES string of the molecule is CC(C)N[C@H](CC1=CCc2ccccc21)C(=O)C(C)C. The third kappa shape index (κ3) is 3.37. The van der Waals surface area contributed by atoms with Crippen LogP contribution >= 0.6 is 0 Å². The monoisotopic (exact) mass is 271 g/mol. The molecule has 1 aliphatic rings. The van der Waals surface area contributed by atoms with Crippen LogP contribution in [0.1, 0.15) is 45.2 Å². The van der Waals surface area contributed by atoms with E-state index >= 15 is 0 Å². The van der Waals surface area contributed by atoms with E-state index in [1.807, 2.05) is 13.8 Å². The summed E-state index contributed by atoms with van der Waals surface area (Å²) >= 11 is 0. The summed E-state index contributed by atoms with van der Waals surface area (Å²) in [5.41, 5.74) is 4.01. The predicted octanol–water partition coefficient (Wildman–Crippen LogP) is 3.61. The minimum atomic E-state index is -0.0765. The number of carbonyl (C=O) groups excluding carboxylic acids is 1. The van der Waals surface area contributed by atoms with Gasteiger partial charge in [0.25, 0.3) is 0 Å². The van der Waals surface area contributed by atoms with Crippen LogP contribution in [0.4, 0.5) is 0 Å². The number of hydrogen-bond acceptors (Lipinski definition) is 2. The number of rotatable bonds is 6. The summed E-state index contributed by atoms with van der Waals surface area (Å²) in [6.45, 7) is 8.15. The van der Waals surface area contributed by atoms with E-state index in [1.165, 1.54) is 16.7 Å². The van der Waals surface area contributed by atoms with Crippen molar-refractivity contribution in [1.29, 1.82) is 0 Å². The Labute approximate surface area is 122 Å². The molecule has 20 heavy (non-hydrogen) atoms. The molecular weight excluding hydrogens is 246 g/mol. The number of allylic oxidation sites excluding steroid dienone is 1. The lowest BCUT2D eigenvalue weighted by Crippen LogP contribution is -2.42. The Bertz CT molecular complexity index is 514. The third-order valence-corrected chi connectivity index (χ3v) is 3.80. The van der Waals surface area contributed by atoms with Gasteiger partial charge >= 0.3 is 0 Å². The van der Waals surface area contributed by atoms with Crippen molar-refractivity contribution in [3.63, 3.8) is 0 Å². The molecule has 0 aliphatic heterocycles. The first kappa shape index (κ1) is 15.0. The second kappa shape index (κ2) is 6.36. The molecule has 0 heterocycles. The quantitative estimate of drug-likeness (QED) is 0.856. The summed E-state index contributed by atoms with van der Waals surface area (Å²) in [6.07, 6.45) is 4.06. The van der Waals surface area contributed by atoms with Gasteiger partial charge in [0, 0.05) is 12.0 Å². The highest BCUT2D eigenvalue weighted by atomic mass is 16.1. The van der Waals surface area contributed by atoms with Gasteiger partial charge in [-0.1, -0.05) is 58.0 Å². The summed E-state index contributed by atoms with van der Waals surface area (Å²) in [5, 5.41) is 3.43. The Morgan fingerprint density at radius 1 is 1.20 bits per heavy atom. The van der Waals surface area contributed by atoms with Crippen LogP contribution in [0.3, 0.4) is 0 Å². The lowest BCUT2D eigenvalue weighted by atomic mass is 9.93. The normalized spacial score (nSPS) is 15.4. The van der Waals surface area contributed by atoms with Crippen LogP contribution in [0.15, 0.2) is 30.3 Å². The van der Waals surface area contributed by atoms with Crippen molar-refractivity contribution in [1.82, 2.24) is 5.32 Å². The number of hydrogen-bond donors (Lipinski definition) is 1. The van der Waals surface area contributed by atoms with Gasteiger partial charge in [0.1, 0.15) is 0 Å². The average molecular weight is 271 g/mol. The minimum Gasteiger partial charge on any atom is -0.305 e. The van der Waals surface area contributed by atoms with Gasteiger partial charge in [-0.05, 0) is 29.5 Å². The van der Waals surface area contributed by atoms with Crippen LogP contribution in [0, 0.1) is 5.92 Å². The van der Waals surface area contributed by atoms with Gasteiger partial charge in [-0.3, -0.25) is 4.79 Å². The Morgan fingerprint density at radius 3 is 2.55 bits per heavy atom. The number of nitrogens with one attached hydrogen (secondary N) is 1. The minimum absolute atomic E-state index is 0.0727. The Morgan fingerprint density at radius 2 is 1.90 bits per heavy atom. The lowest BCUT2D eigenvalue weighted by molar-refractivity contribution is -0.124. The molecule has 1 aromatic rings. The van der Waals surface area contributed by atoms with Crippen LogP contribution < -0.4 is 5.32 Å². The van der Waals surface area contributed by atoms with E-state index in [4.69, 9.17) is 0 Å². The largest absolute Gasteiger partial charge is 0.305 e. The van der Waals surface area contributed by atoms with E-state index in [0.29, 0.717) is 11.8 Å². The van der Waals surface area contributed by atoms with Crippen LogP contribution in [-0.2, 0) is 11.2 Å². The van der Waals surface area contributed by atoms with E-state index in [-0.39, 0.29) is 12.0 Å². The smallest absolute Gasteiger partial charge is 0.152 e. The highest BCUT2D eigenvalue weighted by Gasteiger charge is 2.25. The van der Waals surface area contributed by atoms with Crippen LogP contribution in [0.5, 0.6) is 0 Å². The first-order valence-electron chi connectivity index (χ1n) is 7.56. The maximum atomic E-state index is 12.4. The molecule has 1 aromatic carbocycles. The fourth-order valence-corrected chi connectivity index (χ4v) is 2.81. The number of carbonyl (C=O) groups is 1. The predicted molar refractivity (Wildman–Crippen MR) is 84.6 cm³/mol. The molecule has 1 N–H and O–H groups in total. The first-order chi connectivity index (χ1) is 9.49. The molecule has 0 bridgehead atoms. The summed E-state index contributed by atoms with van der Waals surface area (Å²) in [7, 11) is 0. The fourth-order valence-electron chi connectivity index (χ4n) is 2.81. The van der Waals surface area contributed by atoms with Gasteiger partial charge in [0.2, 0.25) is 0 Å². The van der Waals surface area contributed by atoms with Crippen molar-refractivity contribution in [2.24, 2.45) is 5.92 Å². The first-order valence-corrected chi connectivity index (χ1v) is 7.56. The second-order valence-electron chi connectivity index (χ2n) is 6.23. The highest BCUT2D eigenvalue weighted by Crippen LogP contribution is 2.31. The third-order valence-electron chi connectivity index (χ3n) is 3.80. The molecule has 0 aromatic heterocycles. The zero-order valence-corrected chi connectivity index (χ0v) is 12.9. The van der Waals surface area contributed by atoms with E-state index in [9.17, 15) is 4.79 Å². The number of benzene rings is 1. The molecule has 0 unspecified atom stereocenters. The van der Waals surface area contributed by atoms with Gasteiger partial charge in [0.05, 0.1) is 6.04 Å². The molecule has 0 fully saturated rings. The molecule has 0 saturated heterocycles. The maximum Gasteiger partial charge on any atom is 0.152 e. The topological polar surface area (TPSA) is 29.1 Å². The van der Waals surface area contributed by atoms with Crippen LogP contribution in [0.25, 0.3) is 5.57 Å². The Kier molecular flexibility index (Phi) is 4.77. The Balaban J connectivity index is 2.15. The fraction of sp³-hybridized carbons (Fsp3) is 0.500. The molecule has 1 aliphatic carbocycles. The van der Waals surface area contributed by atoms with Gasteiger partial charge in [0.15, 0.2) is 5.78 Å². The van der Waals surface area contributed by atoms with Gasteiger partial charge in [-0.15, -0.1) is 0 Å². The van der Waals surface area contributed by atoms with Crippen molar-refractivity contribution >= 4 is 11.4 Å². The Hall–Kier alpha value is -1.41. The zero-order valence-electron chi connectivity index (χ0n) is 12.9. The number of ketones is 1. The number of Topliss-reactive ketones (excluding diaryl/α,β-unsaturated/α-hetero) is 1. The standard InChI is InChI=1S/C18H25NO/c1-12(2)18(20)17(19-13(3)4)11-15-10-9-14-7-5-6-8-16(14)15/h5-8,10,12-13,17,19H,9,11H2,1-4H3/t17-/m1/s1. The molecule has 1 atom stereocenters. The average Bonchev–Trinajstić information content (AvgIpc) is 2.80. The molecule has 2 nitrogen and oxygen atoms in total. The molecule has 0 spiro atoms. The zero-order chi connectivity index (χ0) is 14.7. The van der Waals surface area contributed by atoms with Crippen molar-refractivity contribution in [3.8, 4) is 0 Å². The van der Waals surface area contributed by atoms with E-state index in [2.05, 4.69) is 49.5 Å². The van der Waals surface area contributed by atoms with Crippen LogP contribution in [0.2, 0.25) is 0 Å². The summed E-state index contributed by atoms with van der Waals surface area (Å²) in [6, 6.07) is 8.74. The second-order valence-corrected chi connectivity index (χ2v) is 6.23. The van der Waals surface area contributed by atoms with Gasteiger partial charge in [-0.2, -0.15) is 0 Å². The highest BCUT2D eigenvalue weighted by molar-refractivity contribution is 5.88. The van der Waals surface area contributed by atoms with Crippen molar-refractivity contribution < 1.29 is 4.79 Å². The van der Waals surface area contributed by atoms with Gasteiger partial charge < -0.3 is 5.32 Å². The van der Waals surface area contributed by atoms with Crippen LogP contribution in [-0.4, -0.2) is 17.9 Å². The maximum absolute atomic E-state index is 12.4. The van der Waals surface area contributed by atoms with Crippen molar-refractivity contribution in [2.75, 3.05) is 0 Å². The van der Waals surface area contributed by atoms with E-state index in [0.717, 1.165) is 12.8 Å². The molecular formula is C18H25NO. The van der Waals surface area contributed by atoms with E-state index in [1.54, 1.807) is 0 Å². The van der Waals surface area contributed by atoms with Crippen molar-refractivity contribution in [2.45, 2.75) is 52.6 Å². The summed E-state index contributed by atoms with van der Waals surface area (Å²) < 4.78 is 0. The van der Waals surface area contributed by atoms with Gasteiger partial charge in [-0.25, -0.2) is 0 Å². The van der Waals surface area contributed by atoms with E-state index < -0.39 is 0 Å². The summed E-state index contributed by atoms with van der Waals surface area (Å²) in [4.78, 5) is 12.4. The molecule has 2 rings (SSSR count). The summed E-state index contributed by atoms with van der Waals surface area (Å²) in [5.74, 6) is 0.382. The molecule has 0 radical (unpaired) electrons. The molecule has 0 saturated carbocycles. The van der Waals surface area contributed by atoms with Crippen molar-refractivity contribution in [3.05, 3.63) is 41.5 Å². The molecule has 0 amide bonds. The molecule has 108 valence electrons. The molecule has 2 heteroatoms. The number of fused-ring (bicyclic) bond motifs is 1. The lowest BCUT2D eigenvalue weighted by Gasteiger charge is -2.23.